The van der Waals surface area contributed by atoms with E-state index >= 15 is 0 Å². The van der Waals surface area contributed by atoms with Crippen molar-refractivity contribution in [3.05, 3.63) is 64.2 Å². The lowest BCUT2D eigenvalue weighted by Crippen LogP contribution is -2.03. The first kappa shape index (κ1) is 16.7. The monoisotopic (exact) mass is 385 g/mol. The van der Waals surface area contributed by atoms with Crippen LogP contribution in [-0.2, 0) is 0 Å². The van der Waals surface area contributed by atoms with Gasteiger partial charge in [0, 0.05) is 16.0 Å². The fourth-order valence-electron chi connectivity index (χ4n) is 2.48. The highest BCUT2D eigenvalue weighted by molar-refractivity contribution is 7.13. The third-order valence-electron chi connectivity index (χ3n) is 3.95. The van der Waals surface area contributed by atoms with E-state index in [1.807, 2.05) is 29.6 Å². The van der Waals surface area contributed by atoms with E-state index in [9.17, 15) is 4.39 Å². The molecule has 0 radical (unpaired) electrons. The summed E-state index contributed by atoms with van der Waals surface area (Å²) in [6.07, 6.45) is 0. The van der Waals surface area contributed by atoms with Crippen LogP contribution in [0.25, 0.3) is 27.6 Å². The average molecular weight is 386 g/mol. The Labute approximate surface area is 157 Å². The Kier molecular flexibility index (Phi) is 4.18. The van der Waals surface area contributed by atoms with Crippen molar-refractivity contribution in [3.63, 3.8) is 0 Å². The topological polar surface area (TPSA) is 69.6 Å². The number of benzene rings is 2. The van der Waals surface area contributed by atoms with Gasteiger partial charge in [-0.05, 0) is 36.8 Å². The lowest BCUT2D eigenvalue weighted by molar-refractivity contribution is 0.616. The van der Waals surface area contributed by atoms with Crippen molar-refractivity contribution in [2.24, 2.45) is 0 Å². The van der Waals surface area contributed by atoms with Gasteiger partial charge in [0.15, 0.2) is 11.5 Å². The summed E-state index contributed by atoms with van der Waals surface area (Å²) in [5, 5.41) is 11.4. The molecule has 2 heterocycles. The molecule has 0 saturated carbocycles. The number of anilines is 1. The van der Waals surface area contributed by atoms with E-state index in [1.165, 1.54) is 22.1 Å². The molecular weight excluding hydrogens is 373 g/mol. The molecule has 0 aliphatic carbocycles. The molecule has 4 rings (SSSR count). The van der Waals surface area contributed by atoms with Crippen LogP contribution in [0.3, 0.4) is 0 Å². The smallest absolute Gasteiger partial charge is 0.165 e. The molecule has 0 saturated heterocycles. The van der Waals surface area contributed by atoms with Gasteiger partial charge < -0.3 is 5.73 Å². The summed E-state index contributed by atoms with van der Waals surface area (Å²) in [5.74, 6) is -0.0107. The van der Waals surface area contributed by atoms with Crippen molar-refractivity contribution in [2.75, 3.05) is 5.73 Å². The largest absolute Gasteiger partial charge is 0.382 e. The highest BCUT2D eigenvalue weighted by Crippen LogP contribution is 2.32. The molecule has 130 valence electrons. The first-order valence-electron chi connectivity index (χ1n) is 7.72. The minimum Gasteiger partial charge on any atom is -0.382 e. The molecule has 4 aromatic rings. The number of nitrogens with two attached hydrogens (primary N) is 1. The predicted molar refractivity (Wildman–Crippen MR) is 102 cm³/mol. The van der Waals surface area contributed by atoms with Crippen molar-refractivity contribution in [1.82, 2.24) is 20.0 Å². The summed E-state index contributed by atoms with van der Waals surface area (Å²) in [4.78, 5) is 4.59. The minimum atomic E-state index is -0.321. The van der Waals surface area contributed by atoms with Gasteiger partial charge in [0.1, 0.15) is 10.8 Å². The van der Waals surface area contributed by atoms with Gasteiger partial charge in [-0.3, -0.25) is 0 Å². The van der Waals surface area contributed by atoms with Crippen molar-refractivity contribution in [3.8, 4) is 27.6 Å². The Balaban J connectivity index is 1.70. The highest BCUT2D eigenvalue weighted by atomic mass is 35.5. The molecule has 0 aliphatic heterocycles. The van der Waals surface area contributed by atoms with E-state index in [-0.39, 0.29) is 5.82 Å². The molecule has 8 heteroatoms. The van der Waals surface area contributed by atoms with Gasteiger partial charge >= 0.3 is 0 Å². The maximum atomic E-state index is 13.8. The predicted octanol–water partition coefficient (Wildman–Crippen LogP) is 4.74. The maximum Gasteiger partial charge on any atom is 0.165 e. The van der Waals surface area contributed by atoms with Gasteiger partial charge in [0.25, 0.3) is 0 Å². The second-order valence-electron chi connectivity index (χ2n) is 5.71. The van der Waals surface area contributed by atoms with Crippen LogP contribution in [0.5, 0.6) is 0 Å². The molecule has 0 unspecified atom stereocenters. The van der Waals surface area contributed by atoms with Gasteiger partial charge in [-0.1, -0.05) is 35.0 Å². The summed E-state index contributed by atoms with van der Waals surface area (Å²) in [6.45, 7) is 1.70. The van der Waals surface area contributed by atoms with Crippen LogP contribution < -0.4 is 5.73 Å². The second-order valence-corrected chi connectivity index (χ2v) is 7.01. The van der Waals surface area contributed by atoms with Crippen LogP contribution in [0.15, 0.2) is 47.8 Å². The Morgan fingerprint density at radius 1 is 1.15 bits per heavy atom. The normalized spacial score (nSPS) is 11.0. The van der Waals surface area contributed by atoms with Crippen molar-refractivity contribution >= 4 is 28.8 Å². The van der Waals surface area contributed by atoms with E-state index in [4.69, 9.17) is 17.3 Å². The number of aryl methyl sites for hydroxylation is 1. The molecule has 2 aromatic carbocycles. The molecule has 0 spiro atoms. The molecule has 0 bridgehead atoms. The van der Waals surface area contributed by atoms with E-state index in [1.54, 1.807) is 19.1 Å². The maximum absolute atomic E-state index is 13.8. The molecular formula is C18H13ClFN5S. The van der Waals surface area contributed by atoms with Crippen molar-refractivity contribution in [2.45, 2.75) is 6.92 Å². The van der Waals surface area contributed by atoms with Gasteiger partial charge in [-0.2, -0.15) is 4.68 Å². The number of hydrogen-bond acceptors (Lipinski definition) is 5. The lowest BCUT2D eigenvalue weighted by Gasteiger charge is -2.04. The number of nitrogens with zero attached hydrogens (tertiary/aromatic N) is 4. The number of hydrogen-bond donors (Lipinski definition) is 1. The third-order valence-corrected chi connectivity index (χ3v) is 5.05. The Bertz CT molecular complexity index is 1090. The van der Waals surface area contributed by atoms with E-state index in [0.29, 0.717) is 32.8 Å². The summed E-state index contributed by atoms with van der Waals surface area (Å²) < 4.78 is 15.2. The first-order valence-corrected chi connectivity index (χ1v) is 8.98. The fourth-order valence-corrected chi connectivity index (χ4v) is 3.43. The number of thiazole rings is 1. The van der Waals surface area contributed by atoms with Gasteiger partial charge in [0.05, 0.1) is 11.4 Å². The molecule has 0 amide bonds. The summed E-state index contributed by atoms with van der Waals surface area (Å²) in [6, 6.07) is 12.2. The molecule has 5 nitrogen and oxygen atoms in total. The number of halogens is 2. The van der Waals surface area contributed by atoms with E-state index in [0.717, 1.165) is 11.3 Å². The zero-order chi connectivity index (χ0) is 18.3. The van der Waals surface area contributed by atoms with Crippen LogP contribution >= 0.6 is 22.9 Å². The fraction of sp³-hybridized carbons (Fsp3) is 0.0556. The summed E-state index contributed by atoms with van der Waals surface area (Å²) in [5.41, 5.74) is 9.48. The molecule has 0 atom stereocenters. The van der Waals surface area contributed by atoms with Crippen LogP contribution in [0, 0.1) is 12.7 Å². The summed E-state index contributed by atoms with van der Waals surface area (Å²) in [7, 11) is 0. The van der Waals surface area contributed by atoms with Crippen LogP contribution in [0.1, 0.15) is 5.56 Å². The first-order chi connectivity index (χ1) is 12.5. The lowest BCUT2D eigenvalue weighted by atomic mass is 10.2. The quantitative estimate of drug-likeness (QED) is 0.553. The molecule has 2 aromatic heterocycles. The summed E-state index contributed by atoms with van der Waals surface area (Å²) >= 11 is 7.34. The highest BCUT2D eigenvalue weighted by Gasteiger charge is 2.17. The van der Waals surface area contributed by atoms with Crippen molar-refractivity contribution < 1.29 is 4.39 Å². The standard InChI is InChI=1S/C18H13ClFN5S/c1-10-2-7-13(8-14(10)20)25-17(21)16(23-24-25)18-22-15(9-26-18)11-3-5-12(19)6-4-11/h2-9H,21H2,1H3. The van der Waals surface area contributed by atoms with E-state index < -0.39 is 0 Å². The van der Waals surface area contributed by atoms with Gasteiger partial charge in [-0.15, -0.1) is 16.4 Å². The van der Waals surface area contributed by atoms with Crippen LogP contribution in [-0.4, -0.2) is 20.0 Å². The van der Waals surface area contributed by atoms with Crippen molar-refractivity contribution in [1.29, 1.82) is 0 Å². The molecule has 0 fully saturated rings. The Morgan fingerprint density at radius 3 is 2.65 bits per heavy atom. The van der Waals surface area contributed by atoms with Crippen LogP contribution in [0.4, 0.5) is 10.2 Å². The molecule has 26 heavy (non-hydrogen) atoms. The second kappa shape index (κ2) is 6.51. The average Bonchev–Trinajstić information content (AvgIpc) is 3.25. The number of aromatic nitrogens is 4. The van der Waals surface area contributed by atoms with Gasteiger partial charge in [0.2, 0.25) is 0 Å². The Hall–Kier alpha value is -2.77. The van der Waals surface area contributed by atoms with Crippen LogP contribution in [0.2, 0.25) is 5.02 Å². The molecule has 0 aliphatic rings. The van der Waals surface area contributed by atoms with Gasteiger partial charge in [-0.25, -0.2) is 9.37 Å². The Morgan fingerprint density at radius 2 is 1.92 bits per heavy atom. The molecule has 2 N–H and O–H groups in total. The zero-order valence-electron chi connectivity index (χ0n) is 13.6. The third kappa shape index (κ3) is 2.95. The SMILES string of the molecule is Cc1ccc(-n2nnc(-c3nc(-c4ccc(Cl)cc4)cs3)c2N)cc1F. The number of nitrogen functional groups attached to an aromatic ring is 1. The number of rotatable bonds is 3. The zero-order valence-corrected chi connectivity index (χ0v) is 15.2. The minimum absolute atomic E-state index is 0.310. The van der Waals surface area contributed by atoms with E-state index in [2.05, 4.69) is 15.3 Å².